The number of nitrogens with one attached hydrogen (secondary N) is 2. The minimum atomic E-state index is -0.282. The first-order valence-corrected chi connectivity index (χ1v) is 11.8. The molecule has 4 rings (SSSR count). The van der Waals surface area contributed by atoms with Gasteiger partial charge >= 0.3 is 0 Å². The highest BCUT2D eigenvalue weighted by atomic mass is 32.1. The van der Waals surface area contributed by atoms with Crippen molar-refractivity contribution in [3.63, 3.8) is 0 Å². The van der Waals surface area contributed by atoms with Crippen LogP contribution in [0.3, 0.4) is 0 Å². The summed E-state index contributed by atoms with van der Waals surface area (Å²) >= 11 is 1.41. The maximum Gasteiger partial charge on any atom is 0.251 e. The second-order valence-electron chi connectivity index (χ2n) is 8.06. The van der Waals surface area contributed by atoms with Crippen LogP contribution in [-0.4, -0.2) is 47.2 Å². The fourth-order valence-corrected chi connectivity index (χ4v) is 4.52. The van der Waals surface area contributed by atoms with Crippen LogP contribution in [0.25, 0.3) is 11.1 Å². The van der Waals surface area contributed by atoms with Gasteiger partial charge in [0.15, 0.2) is 5.13 Å². The number of carbonyl (C=O) groups is 3. The Morgan fingerprint density at radius 1 is 1.00 bits per heavy atom. The molecule has 0 saturated carbocycles. The molecule has 3 amide bonds. The third-order valence-corrected chi connectivity index (χ3v) is 6.60. The van der Waals surface area contributed by atoms with Gasteiger partial charge in [0, 0.05) is 30.0 Å². The van der Waals surface area contributed by atoms with Crippen LogP contribution in [0.2, 0.25) is 0 Å². The van der Waals surface area contributed by atoms with E-state index in [0.717, 1.165) is 16.8 Å². The molecular weight excluding hydrogens is 436 g/mol. The Kier molecular flexibility index (Phi) is 7.14. The molecule has 2 heterocycles. The minimum Gasteiger partial charge on any atom is -0.343 e. The smallest absolute Gasteiger partial charge is 0.251 e. The zero-order valence-electron chi connectivity index (χ0n) is 18.4. The van der Waals surface area contributed by atoms with Crippen molar-refractivity contribution in [1.29, 1.82) is 0 Å². The maximum absolute atomic E-state index is 12.5. The first-order chi connectivity index (χ1) is 16.0. The Bertz CT molecular complexity index is 1120. The van der Waals surface area contributed by atoms with Crippen LogP contribution >= 0.6 is 11.3 Å². The normalized spacial score (nSPS) is 14.0. The van der Waals surface area contributed by atoms with Crippen LogP contribution in [0.4, 0.5) is 5.13 Å². The number of anilines is 1. The summed E-state index contributed by atoms with van der Waals surface area (Å²) < 4.78 is 0. The van der Waals surface area contributed by atoms with Crippen LogP contribution in [-0.2, 0) is 9.59 Å². The number of piperidine rings is 1. The number of aromatic nitrogens is 1. The van der Waals surface area contributed by atoms with Gasteiger partial charge in [0.2, 0.25) is 11.8 Å². The van der Waals surface area contributed by atoms with E-state index in [2.05, 4.69) is 15.6 Å². The zero-order valence-corrected chi connectivity index (χ0v) is 19.2. The lowest BCUT2D eigenvalue weighted by molar-refractivity contribution is -0.133. The van der Waals surface area contributed by atoms with Crippen molar-refractivity contribution < 1.29 is 14.4 Å². The van der Waals surface area contributed by atoms with Crippen molar-refractivity contribution in [2.24, 2.45) is 5.92 Å². The Hall–Kier alpha value is -3.52. The topological polar surface area (TPSA) is 91.4 Å². The Labute approximate surface area is 196 Å². The van der Waals surface area contributed by atoms with E-state index in [1.165, 1.54) is 11.3 Å². The Balaban J connectivity index is 1.22. The van der Waals surface area contributed by atoms with Gasteiger partial charge in [0.25, 0.3) is 5.91 Å². The number of rotatable bonds is 6. The summed E-state index contributed by atoms with van der Waals surface area (Å²) in [6, 6.07) is 17.2. The molecule has 1 aliphatic rings. The highest BCUT2D eigenvalue weighted by Crippen LogP contribution is 2.22. The summed E-state index contributed by atoms with van der Waals surface area (Å²) in [5.41, 5.74) is 3.50. The Morgan fingerprint density at radius 3 is 2.30 bits per heavy atom. The molecule has 0 radical (unpaired) electrons. The third kappa shape index (κ3) is 5.84. The van der Waals surface area contributed by atoms with Gasteiger partial charge in [-0.25, -0.2) is 4.98 Å². The molecule has 2 aromatic carbocycles. The molecule has 3 aromatic rings. The second-order valence-corrected chi connectivity index (χ2v) is 8.92. The van der Waals surface area contributed by atoms with Crippen molar-refractivity contribution in [1.82, 2.24) is 15.2 Å². The largest absolute Gasteiger partial charge is 0.343 e. The summed E-state index contributed by atoms with van der Waals surface area (Å²) in [4.78, 5) is 43.4. The van der Waals surface area contributed by atoms with E-state index in [-0.39, 0.29) is 30.2 Å². The number of likely N-dealkylation sites (tertiary alicyclic amines) is 1. The lowest BCUT2D eigenvalue weighted by Gasteiger charge is -2.31. The molecular formula is C25H26N4O3S. The highest BCUT2D eigenvalue weighted by molar-refractivity contribution is 7.13. The summed E-state index contributed by atoms with van der Waals surface area (Å²) in [5, 5.41) is 8.06. The van der Waals surface area contributed by atoms with Gasteiger partial charge in [-0.1, -0.05) is 42.5 Å². The SMILES string of the molecule is Cc1csc(NC(=O)C2CCN(C(=O)CNC(=O)c3ccc(-c4ccccc4)cc3)CC2)n1. The standard InChI is InChI=1S/C25H26N4O3S/c1-17-16-33-25(27-17)28-24(32)21-11-13-29(14-12-21)22(30)15-26-23(31)20-9-7-19(8-10-20)18-5-3-2-4-6-18/h2-10,16,21H,11-15H2,1H3,(H,26,31)(H,27,28,32). The van der Waals surface area contributed by atoms with Crippen LogP contribution in [0.15, 0.2) is 60.0 Å². The summed E-state index contributed by atoms with van der Waals surface area (Å²) in [6.07, 6.45) is 1.19. The molecule has 0 atom stereocenters. The third-order valence-electron chi connectivity index (χ3n) is 5.72. The maximum atomic E-state index is 12.5. The number of thiazole rings is 1. The first-order valence-electron chi connectivity index (χ1n) is 10.9. The van der Waals surface area contributed by atoms with E-state index < -0.39 is 0 Å². The fourth-order valence-electron chi connectivity index (χ4n) is 3.82. The van der Waals surface area contributed by atoms with E-state index in [1.807, 2.05) is 54.8 Å². The lowest BCUT2D eigenvalue weighted by Crippen LogP contribution is -2.45. The second kappa shape index (κ2) is 10.4. The van der Waals surface area contributed by atoms with E-state index in [9.17, 15) is 14.4 Å². The zero-order chi connectivity index (χ0) is 23.2. The van der Waals surface area contributed by atoms with Gasteiger partial charge in [-0.2, -0.15) is 0 Å². The van der Waals surface area contributed by atoms with Gasteiger partial charge in [-0.3, -0.25) is 14.4 Å². The van der Waals surface area contributed by atoms with Crippen molar-refractivity contribution in [3.05, 3.63) is 71.2 Å². The molecule has 170 valence electrons. The number of aryl methyl sites for hydroxylation is 1. The minimum absolute atomic E-state index is 0.0521. The average Bonchev–Trinajstić information content (AvgIpc) is 3.27. The molecule has 0 spiro atoms. The van der Waals surface area contributed by atoms with Crippen LogP contribution < -0.4 is 10.6 Å². The molecule has 1 aliphatic heterocycles. The van der Waals surface area contributed by atoms with E-state index >= 15 is 0 Å². The van der Waals surface area contributed by atoms with Crippen LogP contribution in [0.1, 0.15) is 28.9 Å². The molecule has 8 heteroatoms. The highest BCUT2D eigenvalue weighted by Gasteiger charge is 2.27. The van der Waals surface area contributed by atoms with Crippen molar-refractivity contribution in [3.8, 4) is 11.1 Å². The van der Waals surface area contributed by atoms with Crippen molar-refractivity contribution >= 4 is 34.2 Å². The molecule has 7 nitrogen and oxygen atoms in total. The number of benzene rings is 2. The van der Waals surface area contributed by atoms with E-state index in [4.69, 9.17) is 0 Å². The predicted octanol–water partition coefficient (Wildman–Crippen LogP) is 3.73. The van der Waals surface area contributed by atoms with Crippen molar-refractivity contribution in [2.75, 3.05) is 25.0 Å². The number of nitrogens with zero attached hydrogens (tertiary/aromatic N) is 2. The van der Waals surface area contributed by atoms with Gasteiger partial charge in [-0.05, 0) is 43.0 Å². The number of amides is 3. The Morgan fingerprint density at radius 2 is 1.67 bits per heavy atom. The predicted molar refractivity (Wildman–Crippen MR) is 129 cm³/mol. The van der Waals surface area contributed by atoms with Crippen LogP contribution in [0, 0.1) is 12.8 Å². The summed E-state index contributed by atoms with van der Waals surface area (Å²) in [6.45, 7) is 2.81. The number of hydrogen-bond acceptors (Lipinski definition) is 5. The van der Waals surface area contributed by atoms with E-state index in [1.54, 1.807) is 17.0 Å². The monoisotopic (exact) mass is 462 g/mol. The van der Waals surface area contributed by atoms with Crippen LogP contribution in [0.5, 0.6) is 0 Å². The van der Waals surface area contributed by atoms with Gasteiger partial charge in [-0.15, -0.1) is 11.3 Å². The van der Waals surface area contributed by atoms with Gasteiger partial charge in [0.1, 0.15) is 0 Å². The van der Waals surface area contributed by atoms with Crippen molar-refractivity contribution in [2.45, 2.75) is 19.8 Å². The summed E-state index contributed by atoms with van der Waals surface area (Å²) in [5.74, 6) is -0.616. The summed E-state index contributed by atoms with van der Waals surface area (Å²) in [7, 11) is 0. The lowest BCUT2D eigenvalue weighted by atomic mass is 9.96. The van der Waals surface area contributed by atoms with Gasteiger partial charge < -0.3 is 15.5 Å². The molecule has 2 N–H and O–H groups in total. The molecule has 0 unspecified atom stereocenters. The van der Waals surface area contributed by atoms with Gasteiger partial charge in [0.05, 0.1) is 12.2 Å². The number of carbonyl (C=O) groups excluding carboxylic acids is 3. The number of hydrogen-bond donors (Lipinski definition) is 2. The quantitative estimate of drug-likeness (QED) is 0.584. The first kappa shape index (κ1) is 22.7. The molecule has 1 aromatic heterocycles. The molecule has 1 saturated heterocycles. The molecule has 0 bridgehead atoms. The fraction of sp³-hybridized carbons (Fsp3) is 0.280. The average molecular weight is 463 g/mol. The molecule has 1 fully saturated rings. The van der Waals surface area contributed by atoms with E-state index in [0.29, 0.717) is 36.6 Å². The molecule has 0 aliphatic carbocycles. The molecule has 33 heavy (non-hydrogen) atoms.